The minimum Gasteiger partial charge on any atom is -0.495 e. The summed E-state index contributed by atoms with van der Waals surface area (Å²) >= 11 is 0. The van der Waals surface area contributed by atoms with Crippen molar-refractivity contribution in [3.8, 4) is 11.6 Å². The fourth-order valence-corrected chi connectivity index (χ4v) is 0.941. The molecule has 0 saturated heterocycles. The molecule has 0 radical (unpaired) electrons. The van der Waals surface area contributed by atoms with Gasteiger partial charge >= 0.3 is 0 Å². The average Bonchev–Trinajstić information content (AvgIpc) is 2.15. The van der Waals surface area contributed by atoms with E-state index >= 15 is 0 Å². The Morgan fingerprint density at radius 2 is 2.21 bits per heavy atom. The normalized spacial score (nSPS) is 10.4. The number of alkyl halides is 2. The second kappa shape index (κ2) is 4.74. The molecule has 78 valence electrons. The second-order valence-electron chi connectivity index (χ2n) is 2.70. The van der Waals surface area contributed by atoms with E-state index in [-0.39, 0.29) is 5.88 Å². The summed E-state index contributed by atoms with van der Waals surface area (Å²) in [6.07, 6.45) is -1.06. The van der Waals surface area contributed by atoms with E-state index in [9.17, 15) is 8.78 Å². The van der Waals surface area contributed by atoms with E-state index in [1.165, 1.54) is 13.3 Å². The van der Waals surface area contributed by atoms with Gasteiger partial charge in [0.15, 0.2) is 6.61 Å². The predicted molar refractivity (Wildman–Crippen MR) is 47.0 cm³/mol. The molecule has 1 aromatic heterocycles. The molecule has 1 heterocycles. The molecule has 0 aliphatic heterocycles. The maximum Gasteiger partial charge on any atom is 0.272 e. The highest BCUT2D eigenvalue weighted by Gasteiger charge is 2.07. The van der Waals surface area contributed by atoms with Crippen molar-refractivity contribution in [2.45, 2.75) is 13.3 Å². The van der Waals surface area contributed by atoms with E-state index < -0.39 is 13.0 Å². The molecular formula is C9H11F2NO2. The maximum atomic E-state index is 11.8. The Bertz CT molecular complexity index is 305. The zero-order valence-corrected chi connectivity index (χ0v) is 7.96. The summed E-state index contributed by atoms with van der Waals surface area (Å²) in [6, 6.07) is 1.67. The van der Waals surface area contributed by atoms with Gasteiger partial charge in [0.2, 0.25) is 5.88 Å². The summed E-state index contributed by atoms with van der Waals surface area (Å²) in [6.45, 7) is 1.08. The highest BCUT2D eigenvalue weighted by Crippen LogP contribution is 2.19. The summed E-state index contributed by atoms with van der Waals surface area (Å²) in [5.41, 5.74) is 0.671. The van der Waals surface area contributed by atoms with Crippen LogP contribution in [0.4, 0.5) is 8.78 Å². The van der Waals surface area contributed by atoms with Crippen LogP contribution < -0.4 is 9.47 Å². The summed E-state index contributed by atoms with van der Waals surface area (Å²) in [4.78, 5) is 3.84. The van der Waals surface area contributed by atoms with Gasteiger partial charge in [-0.25, -0.2) is 13.8 Å². The van der Waals surface area contributed by atoms with Crippen LogP contribution in [0.15, 0.2) is 12.3 Å². The molecule has 0 aromatic carbocycles. The molecule has 3 nitrogen and oxygen atoms in total. The Morgan fingerprint density at radius 1 is 1.50 bits per heavy atom. The van der Waals surface area contributed by atoms with Gasteiger partial charge in [0, 0.05) is 5.56 Å². The lowest BCUT2D eigenvalue weighted by molar-refractivity contribution is 0.0792. The number of aryl methyl sites for hydroxylation is 1. The van der Waals surface area contributed by atoms with Gasteiger partial charge in [-0.3, -0.25) is 0 Å². The number of hydrogen-bond acceptors (Lipinski definition) is 3. The monoisotopic (exact) mass is 203 g/mol. The quantitative estimate of drug-likeness (QED) is 0.750. The van der Waals surface area contributed by atoms with Crippen molar-refractivity contribution >= 4 is 0 Å². The van der Waals surface area contributed by atoms with Gasteiger partial charge in [0.1, 0.15) is 5.75 Å². The van der Waals surface area contributed by atoms with Crippen molar-refractivity contribution in [2.75, 3.05) is 13.7 Å². The largest absolute Gasteiger partial charge is 0.495 e. The maximum absolute atomic E-state index is 11.8. The van der Waals surface area contributed by atoms with Gasteiger partial charge in [0.25, 0.3) is 6.43 Å². The van der Waals surface area contributed by atoms with Crippen LogP contribution >= 0.6 is 0 Å². The third-order valence-corrected chi connectivity index (χ3v) is 1.59. The SMILES string of the molecule is COc1cnc(OCC(F)F)c(C)c1. The van der Waals surface area contributed by atoms with E-state index in [4.69, 9.17) is 9.47 Å². The molecule has 0 bridgehead atoms. The zero-order chi connectivity index (χ0) is 10.6. The lowest BCUT2D eigenvalue weighted by Crippen LogP contribution is -2.08. The minimum atomic E-state index is -2.49. The molecule has 1 aromatic rings. The fourth-order valence-electron chi connectivity index (χ4n) is 0.941. The molecule has 0 fully saturated rings. The molecule has 0 N–H and O–H groups in total. The van der Waals surface area contributed by atoms with Gasteiger partial charge in [-0.2, -0.15) is 0 Å². The van der Waals surface area contributed by atoms with Crippen molar-refractivity contribution in [3.63, 3.8) is 0 Å². The smallest absolute Gasteiger partial charge is 0.272 e. The Kier molecular flexibility index (Phi) is 3.62. The number of rotatable bonds is 4. The number of aromatic nitrogens is 1. The highest BCUT2D eigenvalue weighted by molar-refractivity contribution is 5.31. The van der Waals surface area contributed by atoms with E-state index in [2.05, 4.69) is 4.98 Å². The zero-order valence-electron chi connectivity index (χ0n) is 7.96. The van der Waals surface area contributed by atoms with Gasteiger partial charge in [-0.15, -0.1) is 0 Å². The topological polar surface area (TPSA) is 31.4 Å². The second-order valence-corrected chi connectivity index (χ2v) is 2.70. The number of nitrogens with zero attached hydrogens (tertiary/aromatic N) is 1. The van der Waals surface area contributed by atoms with Crippen molar-refractivity contribution < 1.29 is 18.3 Å². The average molecular weight is 203 g/mol. The van der Waals surface area contributed by atoms with Gasteiger partial charge < -0.3 is 9.47 Å². The molecule has 0 amide bonds. The number of pyridine rings is 1. The van der Waals surface area contributed by atoms with Crippen LogP contribution in [0.2, 0.25) is 0 Å². The molecule has 14 heavy (non-hydrogen) atoms. The number of halogens is 2. The van der Waals surface area contributed by atoms with E-state index in [1.54, 1.807) is 13.0 Å². The predicted octanol–water partition coefficient (Wildman–Crippen LogP) is 2.04. The van der Waals surface area contributed by atoms with Gasteiger partial charge in [-0.05, 0) is 13.0 Å². The third kappa shape index (κ3) is 2.83. The first-order valence-electron chi connectivity index (χ1n) is 4.05. The summed E-state index contributed by atoms with van der Waals surface area (Å²) < 4.78 is 33.3. The number of ether oxygens (including phenoxy) is 2. The molecule has 1 rings (SSSR count). The molecular weight excluding hydrogens is 192 g/mol. The first kappa shape index (κ1) is 10.7. The van der Waals surface area contributed by atoms with E-state index in [0.29, 0.717) is 11.3 Å². The van der Waals surface area contributed by atoms with Gasteiger partial charge in [-0.1, -0.05) is 0 Å². The van der Waals surface area contributed by atoms with Crippen molar-refractivity contribution in [1.82, 2.24) is 4.98 Å². The molecule has 0 aliphatic carbocycles. The lowest BCUT2D eigenvalue weighted by Gasteiger charge is -2.08. The first-order valence-corrected chi connectivity index (χ1v) is 4.05. The Labute approximate surface area is 80.7 Å². The Balaban J connectivity index is 2.69. The van der Waals surface area contributed by atoms with Crippen molar-refractivity contribution in [1.29, 1.82) is 0 Å². The molecule has 0 atom stereocenters. The van der Waals surface area contributed by atoms with Crippen molar-refractivity contribution in [2.24, 2.45) is 0 Å². The van der Waals surface area contributed by atoms with Crippen LogP contribution in [0.3, 0.4) is 0 Å². The summed E-state index contributed by atoms with van der Waals surface area (Å²) in [5.74, 6) is 0.790. The number of hydrogen-bond donors (Lipinski definition) is 0. The number of methoxy groups -OCH3 is 1. The van der Waals surface area contributed by atoms with E-state index in [1.807, 2.05) is 0 Å². The minimum absolute atomic E-state index is 0.214. The van der Waals surface area contributed by atoms with E-state index in [0.717, 1.165) is 0 Å². The van der Waals surface area contributed by atoms with Crippen LogP contribution in [0.5, 0.6) is 11.6 Å². The Morgan fingerprint density at radius 3 is 2.71 bits per heavy atom. The van der Waals surface area contributed by atoms with Crippen LogP contribution in [0, 0.1) is 6.92 Å². The highest BCUT2D eigenvalue weighted by atomic mass is 19.3. The molecule has 0 spiro atoms. The van der Waals surface area contributed by atoms with Crippen LogP contribution in [0.25, 0.3) is 0 Å². The molecule has 5 heteroatoms. The van der Waals surface area contributed by atoms with Crippen LogP contribution in [-0.2, 0) is 0 Å². The first-order chi connectivity index (χ1) is 6.63. The third-order valence-electron chi connectivity index (χ3n) is 1.59. The summed E-state index contributed by atoms with van der Waals surface area (Å²) in [5, 5.41) is 0. The van der Waals surface area contributed by atoms with Crippen LogP contribution in [0.1, 0.15) is 5.56 Å². The molecule has 0 unspecified atom stereocenters. The summed E-state index contributed by atoms with van der Waals surface area (Å²) in [7, 11) is 1.51. The standard InChI is InChI=1S/C9H11F2NO2/c1-6-3-7(13-2)4-12-9(6)14-5-8(10)11/h3-4,8H,5H2,1-2H3. The molecule has 0 saturated carbocycles. The molecule has 0 aliphatic rings. The Hall–Kier alpha value is -1.39. The fraction of sp³-hybridized carbons (Fsp3) is 0.444. The lowest BCUT2D eigenvalue weighted by atomic mass is 10.3. The van der Waals surface area contributed by atoms with Gasteiger partial charge in [0.05, 0.1) is 13.3 Å². The van der Waals surface area contributed by atoms with Crippen LogP contribution in [-0.4, -0.2) is 25.1 Å². The van der Waals surface area contributed by atoms with Crippen molar-refractivity contribution in [3.05, 3.63) is 17.8 Å².